The van der Waals surface area contributed by atoms with Crippen molar-refractivity contribution in [1.29, 1.82) is 0 Å². The predicted octanol–water partition coefficient (Wildman–Crippen LogP) is 4.88. The smallest absolute Gasteiger partial charge is 0.306 e. The summed E-state index contributed by atoms with van der Waals surface area (Å²) in [6, 6.07) is 9.95. The fraction of sp³-hybridized carbons (Fsp3) is 0.346. The Labute approximate surface area is 203 Å². The van der Waals surface area contributed by atoms with Crippen LogP contribution in [-0.4, -0.2) is 41.7 Å². The number of carboxylic acid groups (broad SMARTS) is 1. The number of nitrogens with zero attached hydrogens (tertiary/aromatic N) is 5. The number of carbonyl (C=O) groups is 1. The second-order valence-electron chi connectivity index (χ2n) is 9.13. The van der Waals surface area contributed by atoms with E-state index >= 15 is 0 Å². The molecule has 0 aromatic carbocycles. The highest BCUT2D eigenvalue weighted by molar-refractivity contribution is 5.75. The van der Waals surface area contributed by atoms with Gasteiger partial charge in [-0.3, -0.25) is 9.78 Å². The van der Waals surface area contributed by atoms with E-state index in [0.29, 0.717) is 36.1 Å². The van der Waals surface area contributed by atoms with E-state index in [0.717, 1.165) is 40.9 Å². The van der Waals surface area contributed by atoms with E-state index in [2.05, 4.69) is 31.4 Å². The first-order chi connectivity index (χ1) is 16.8. The first-order valence-corrected chi connectivity index (χ1v) is 11.8. The molecule has 0 spiro atoms. The summed E-state index contributed by atoms with van der Waals surface area (Å²) in [5.41, 5.74) is 4.67. The molecule has 0 bridgehead atoms. The maximum atomic E-state index is 11.3. The van der Waals surface area contributed by atoms with Crippen molar-refractivity contribution < 1.29 is 14.6 Å². The van der Waals surface area contributed by atoms with Gasteiger partial charge in [-0.2, -0.15) is 5.10 Å². The molecule has 4 aromatic heterocycles. The Hall–Kier alpha value is -4.01. The van der Waals surface area contributed by atoms with Crippen LogP contribution in [0.2, 0.25) is 0 Å². The Balaban J connectivity index is 1.40. The fourth-order valence-electron chi connectivity index (χ4n) is 4.61. The summed E-state index contributed by atoms with van der Waals surface area (Å²) in [5.74, 6) is 1.83. The molecule has 9 nitrogen and oxygen atoms in total. The van der Waals surface area contributed by atoms with Crippen molar-refractivity contribution in [3.63, 3.8) is 0 Å². The number of aliphatic carboxylic acids is 1. The Morgan fingerprint density at radius 2 is 1.83 bits per heavy atom. The quantitative estimate of drug-likeness (QED) is 0.408. The average Bonchev–Trinajstić information content (AvgIpc) is 3.21. The summed E-state index contributed by atoms with van der Waals surface area (Å²) in [5, 5.41) is 17.1. The topological polar surface area (TPSA) is 115 Å². The zero-order valence-electron chi connectivity index (χ0n) is 20.0. The number of aryl methyl sites for hydroxylation is 3. The van der Waals surface area contributed by atoms with Crippen LogP contribution in [0.4, 0.5) is 11.6 Å². The van der Waals surface area contributed by atoms with Crippen molar-refractivity contribution >= 4 is 23.1 Å². The molecule has 1 aliphatic rings. The van der Waals surface area contributed by atoms with Crippen LogP contribution >= 0.6 is 0 Å². The normalized spacial score (nSPS) is 17.9. The third-order valence-corrected chi connectivity index (χ3v) is 6.32. The zero-order chi connectivity index (χ0) is 24.5. The molecule has 35 heavy (non-hydrogen) atoms. The van der Waals surface area contributed by atoms with Gasteiger partial charge in [-0.05, 0) is 70.2 Å². The Bertz CT molecular complexity index is 1370. The molecule has 0 atom stereocenters. The Morgan fingerprint density at radius 3 is 2.57 bits per heavy atom. The summed E-state index contributed by atoms with van der Waals surface area (Å²) >= 11 is 0. The number of pyridine rings is 2. The Kier molecular flexibility index (Phi) is 6.07. The van der Waals surface area contributed by atoms with E-state index in [9.17, 15) is 9.90 Å². The Morgan fingerprint density at radius 1 is 1.03 bits per heavy atom. The van der Waals surface area contributed by atoms with Crippen molar-refractivity contribution in [3.8, 4) is 16.9 Å². The van der Waals surface area contributed by atoms with Crippen LogP contribution in [0.15, 0.2) is 42.7 Å². The molecule has 0 unspecified atom stereocenters. The summed E-state index contributed by atoms with van der Waals surface area (Å²) in [7, 11) is 0. The minimum absolute atomic E-state index is 0.0110. The first-order valence-electron chi connectivity index (χ1n) is 11.8. The molecule has 0 aliphatic heterocycles. The van der Waals surface area contributed by atoms with Gasteiger partial charge < -0.3 is 15.2 Å². The molecule has 2 N–H and O–H groups in total. The van der Waals surface area contributed by atoms with Gasteiger partial charge in [-0.15, -0.1) is 0 Å². The number of hydrogen-bond acceptors (Lipinski definition) is 7. The van der Waals surface area contributed by atoms with Crippen molar-refractivity contribution in [2.75, 3.05) is 5.32 Å². The SMILES string of the molecule is Cc1cc(-c2ccn3nc(Nc4cc(C)nc(C)n4)cc3c2)c(O[C@H]2CC[C@H](C(=O)O)CC2)cn1. The molecular formula is C26H28N6O3. The van der Waals surface area contributed by atoms with Gasteiger partial charge in [0, 0.05) is 35.3 Å². The molecule has 1 saturated carbocycles. The highest BCUT2D eigenvalue weighted by Crippen LogP contribution is 2.35. The van der Waals surface area contributed by atoms with Gasteiger partial charge in [-0.1, -0.05) is 0 Å². The average molecular weight is 473 g/mol. The van der Waals surface area contributed by atoms with Gasteiger partial charge in [0.25, 0.3) is 0 Å². The molecule has 1 aliphatic carbocycles. The second kappa shape index (κ2) is 9.32. The molecule has 180 valence electrons. The highest BCUT2D eigenvalue weighted by atomic mass is 16.5. The van der Waals surface area contributed by atoms with Crippen LogP contribution in [-0.2, 0) is 4.79 Å². The lowest BCUT2D eigenvalue weighted by Crippen LogP contribution is -2.28. The molecule has 0 saturated heterocycles. The molecule has 1 fully saturated rings. The van der Waals surface area contributed by atoms with Crippen molar-refractivity contribution in [1.82, 2.24) is 24.6 Å². The van der Waals surface area contributed by atoms with Crippen LogP contribution in [0, 0.1) is 26.7 Å². The molecule has 4 heterocycles. The summed E-state index contributed by atoms with van der Waals surface area (Å²) in [4.78, 5) is 24.5. The number of anilines is 2. The minimum atomic E-state index is -0.714. The summed E-state index contributed by atoms with van der Waals surface area (Å²) in [6.45, 7) is 5.75. The van der Waals surface area contributed by atoms with Crippen molar-refractivity contribution in [2.45, 2.75) is 52.6 Å². The van der Waals surface area contributed by atoms with Gasteiger partial charge in [0.15, 0.2) is 5.82 Å². The van der Waals surface area contributed by atoms with Crippen LogP contribution in [0.3, 0.4) is 0 Å². The van der Waals surface area contributed by atoms with Gasteiger partial charge in [0.1, 0.15) is 17.4 Å². The number of aromatic nitrogens is 5. The third kappa shape index (κ3) is 5.08. The molecule has 0 radical (unpaired) electrons. The lowest BCUT2D eigenvalue weighted by molar-refractivity contribution is -0.143. The molecule has 0 amide bonds. The van der Waals surface area contributed by atoms with Gasteiger partial charge in [-0.25, -0.2) is 14.5 Å². The van der Waals surface area contributed by atoms with E-state index in [1.54, 1.807) is 6.20 Å². The van der Waals surface area contributed by atoms with E-state index in [1.165, 1.54) is 0 Å². The first kappa shape index (κ1) is 22.8. The van der Waals surface area contributed by atoms with E-state index in [4.69, 9.17) is 4.74 Å². The summed E-state index contributed by atoms with van der Waals surface area (Å²) in [6.07, 6.45) is 6.40. The number of fused-ring (bicyclic) bond motifs is 1. The zero-order valence-corrected chi connectivity index (χ0v) is 20.0. The number of nitrogens with one attached hydrogen (secondary N) is 1. The predicted molar refractivity (Wildman–Crippen MR) is 132 cm³/mol. The van der Waals surface area contributed by atoms with E-state index in [1.807, 2.05) is 55.7 Å². The van der Waals surface area contributed by atoms with Gasteiger partial charge in [0.2, 0.25) is 0 Å². The van der Waals surface area contributed by atoms with Crippen LogP contribution in [0.25, 0.3) is 16.6 Å². The lowest BCUT2D eigenvalue weighted by Gasteiger charge is -2.27. The van der Waals surface area contributed by atoms with Gasteiger partial charge >= 0.3 is 5.97 Å². The summed E-state index contributed by atoms with van der Waals surface area (Å²) < 4.78 is 8.15. The van der Waals surface area contributed by atoms with Crippen LogP contribution < -0.4 is 10.1 Å². The van der Waals surface area contributed by atoms with Crippen LogP contribution in [0.5, 0.6) is 5.75 Å². The molecule has 4 aromatic rings. The minimum Gasteiger partial charge on any atom is -0.488 e. The van der Waals surface area contributed by atoms with Crippen molar-refractivity contribution in [3.05, 3.63) is 59.9 Å². The second-order valence-corrected chi connectivity index (χ2v) is 9.13. The number of ether oxygens (including phenoxy) is 1. The van der Waals surface area contributed by atoms with E-state index in [-0.39, 0.29) is 12.0 Å². The number of carboxylic acids is 1. The number of hydrogen-bond donors (Lipinski definition) is 2. The highest BCUT2D eigenvalue weighted by Gasteiger charge is 2.27. The number of rotatable bonds is 6. The van der Waals surface area contributed by atoms with Crippen LogP contribution in [0.1, 0.15) is 42.9 Å². The maximum absolute atomic E-state index is 11.3. The monoisotopic (exact) mass is 472 g/mol. The third-order valence-electron chi connectivity index (χ3n) is 6.32. The lowest BCUT2D eigenvalue weighted by atomic mass is 9.87. The molecule has 5 rings (SSSR count). The maximum Gasteiger partial charge on any atom is 0.306 e. The largest absolute Gasteiger partial charge is 0.488 e. The van der Waals surface area contributed by atoms with Crippen molar-refractivity contribution in [2.24, 2.45) is 5.92 Å². The van der Waals surface area contributed by atoms with E-state index < -0.39 is 5.97 Å². The standard InChI is InChI=1S/C26H28N6O3/c1-15-10-22(23(14-27-15)35-21-6-4-18(5-7-21)26(33)34)19-8-9-32-20(12-19)13-25(31-32)30-24-11-16(2)28-17(3)29-24/h8-14,18,21H,4-7H2,1-3H3,(H,33,34)(H,28,29,30,31)/t18-,21-. The molecule has 9 heteroatoms. The van der Waals surface area contributed by atoms with Gasteiger partial charge in [0.05, 0.1) is 23.7 Å². The molecular weight excluding hydrogens is 444 g/mol. The fourth-order valence-corrected chi connectivity index (χ4v) is 4.61.